The summed E-state index contributed by atoms with van der Waals surface area (Å²) in [4.78, 5) is 29.0. The van der Waals surface area contributed by atoms with Gasteiger partial charge < -0.3 is 10.6 Å². The van der Waals surface area contributed by atoms with Crippen molar-refractivity contribution in [2.45, 2.75) is 6.42 Å². The third kappa shape index (κ3) is 4.27. The van der Waals surface area contributed by atoms with E-state index in [1.807, 2.05) is 17.5 Å². The van der Waals surface area contributed by atoms with Gasteiger partial charge in [0.05, 0.1) is 18.3 Å². The van der Waals surface area contributed by atoms with Gasteiger partial charge in [-0.25, -0.2) is 0 Å². The van der Waals surface area contributed by atoms with E-state index in [0.717, 1.165) is 4.88 Å². The fraction of sp³-hybridized carbons (Fsp3) is 0.0556. The third-order valence-electron chi connectivity index (χ3n) is 3.27. The molecule has 0 radical (unpaired) electrons. The van der Waals surface area contributed by atoms with Crippen LogP contribution in [0.3, 0.4) is 0 Å². The number of thiophene rings is 1. The second-order valence-electron chi connectivity index (χ2n) is 5.08. The molecule has 6 heteroatoms. The maximum atomic E-state index is 12.1. The van der Waals surface area contributed by atoms with E-state index in [4.69, 9.17) is 0 Å². The number of rotatable bonds is 5. The molecule has 3 aromatic rings. The Morgan fingerprint density at radius 3 is 2.46 bits per heavy atom. The van der Waals surface area contributed by atoms with Crippen LogP contribution in [0.25, 0.3) is 0 Å². The molecule has 2 amide bonds. The fourth-order valence-electron chi connectivity index (χ4n) is 2.12. The number of pyridine rings is 1. The zero-order valence-corrected chi connectivity index (χ0v) is 13.5. The number of nitrogens with zero attached hydrogens (tertiary/aromatic N) is 1. The highest BCUT2D eigenvalue weighted by molar-refractivity contribution is 7.10. The highest BCUT2D eigenvalue weighted by atomic mass is 32.1. The second-order valence-corrected chi connectivity index (χ2v) is 6.11. The Morgan fingerprint density at radius 1 is 0.958 bits per heavy atom. The topological polar surface area (TPSA) is 71.1 Å². The van der Waals surface area contributed by atoms with Crippen LogP contribution in [0.4, 0.5) is 11.4 Å². The lowest BCUT2D eigenvalue weighted by Gasteiger charge is -2.07. The van der Waals surface area contributed by atoms with Gasteiger partial charge in [0.2, 0.25) is 5.91 Å². The SMILES string of the molecule is O=C(Cc1cccs1)Nc1ccc(C(=O)Nc2cccnc2)cc1. The molecule has 0 spiro atoms. The average Bonchev–Trinajstić information content (AvgIpc) is 3.09. The first-order chi connectivity index (χ1) is 11.7. The van der Waals surface area contributed by atoms with Crippen molar-refractivity contribution in [1.29, 1.82) is 0 Å². The Balaban J connectivity index is 1.58. The molecular weight excluding hydrogens is 322 g/mol. The van der Waals surface area contributed by atoms with E-state index in [1.165, 1.54) is 0 Å². The molecule has 0 aliphatic heterocycles. The maximum absolute atomic E-state index is 12.1. The normalized spacial score (nSPS) is 10.2. The molecule has 0 atom stereocenters. The van der Waals surface area contributed by atoms with Crippen molar-refractivity contribution >= 4 is 34.5 Å². The van der Waals surface area contributed by atoms with Crippen molar-refractivity contribution in [3.63, 3.8) is 0 Å². The predicted octanol–water partition coefficient (Wildman–Crippen LogP) is 3.58. The molecule has 0 bridgehead atoms. The minimum atomic E-state index is -0.223. The number of hydrogen-bond donors (Lipinski definition) is 2. The van der Waals surface area contributed by atoms with E-state index >= 15 is 0 Å². The van der Waals surface area contributed by atoms with E-state index in [1.54, 1.807) is 60.1 Å². The lowest BCUT2D eigenvalue weighted by Crippen LogP contribution is -2.14. The molecule has 0 fully saturated rings. The Morgan fingerprint density at radius 2 is 1.79 bits per heavy atom. The van der Waals surface area contributed by atoms with Crippen LogP contribution in [0.1, 0.15) is 15.2 Å². The summed E-state index contributed by atoms with van der Waals surface area (Å²) < 4.78 is 0. The summed E-state index contributed by atoms with van der Waals surface area (Å²) in [5, 5.41) is 7.53. The number of anilines is 2. The third-order valence-corrected chi connectivity index (χ3v) is 4.14. The van der Waals surface area contributed by atoms with Crippen molar-refractivity contribution in [2.24, 2.45) is 0 Å². The molecule has 2 aromatic heterocycles. The molecule has 0 unspecified atom stereocenters. The minimum Gasteiger partial charge on any atom is -0.326 e. The highest BCUT2D eigenvalue weighted by Crippen LogP contribution is 2.14. The van der Waals surface area contributed by atoms with Gasteiger partial charge in [-0.1, -0.05) is 6.07 Å². The van der Waals surface area contributed by atoms with Gasteiger partial charge in [0.25, 0.3) is 5.91 Å². The van der Waals surface area contributed by atoms with Crippen LogP contribution in [0.15, 0.2) is 66.3 Å². The summed E-state index contributed by atoms with van der Waals surface area (Å²) in [6.45, 7) is 0. The van der Waals surface area contributed by atoms with Crippen LogP contribution < -0.4 is 10.6 Å². The van der Waals surface area contributed by atoms with Gasteiger partial charge in [-0.15, -0.1) is 11.3 Å². The number of hydrogen-bond acceptors (Lipinski definition) is 4. The Labute approximate surface area is 143 Å². The Bertz CT molecular complexity index is 815. The number of nitrogens with one attached hydrogen (secondary N) is 2. The van der Waals surface area contributed by atoms with Gasteiger partial charge >= 0.3 is 0 Å². The summed E-state index contributed by atoms with van der Waals surface area (Å²) in [7, 11) is 0. The molecule has 2 N–H and O–H groups in total. The quantitative estimate of drug-likeness (QED) is 0.747. The number of carbonyl (C=O) groups is 2. The first-order valence-electron chi connectivity index (χ1n) is 7.34. The van der Waals surface area contributed by atoms with Crippen LogP contribution in [0, 0.1) is 0 Å². The van der Waals surface area contributed by atoms with Gasteiger partial charge in [-0.2, -0.15) is 0 Å². The maximum Gasteiger partial charge on any atom is 0.255 e. The van der Waals surface area contributed by atoms with Crippen molar-refractivity contribution < 1.29 is 9.59 Å². The zero-order valence-electron chi connectivity index (χ0n) is 12.7. The Hall–Kier alpha value is -2.99. The van der Waals surface area contributed by atoms with Crippen molar-refractivity contribution in [2.75, 3.05) is 10.6 Å². The van der Waals surface area contributed by atoms with Crippen LogP contribution in [0.2, 0.25) is 0 Å². The van der Waals surface area contributed by atoms with Gasteiger partial charge in [-0.3, -0.25) is 14.6 Å². The first-order valence-corrected chi connectivity index (χ1v) is 8.22. The zero-order chi connectivity index (χ0) is 16.8. The van der Waals surface area contributed by atoms with Gasteiger partial charge in [-0.05, 0) is 47.8 Å². The van der Waals surface area contributed by atoms with E-state index in [-0.39, 0.29) is 11.8 Å². The average molecular weight is 337 g/mol. The summed E-state index contributed by atoms with van der Waals surface area (Å²) in [6, 6.07) is 14.1. The largest absolute Gasteiger partial charge is 0.326 e. The van der Waals surface area contributed by atoms with Gasteiger partial charge in [0.15, 0.2) is 0 Å². The molecular formula is C18H15N3O2S. The van der Waals surface area contributed by atoms with Gasteiger partial charge in [0.1, 0.15) is 0 Å². The van der Waals surface area contributed by atoms with Crippen LogP contribution in [0.5, 0.6) is 0 Å². The van der Waals surface area contributed by atoms with Crippen LogP contribution in [-0.2, 0) is 11.2 Å². The van der Waals surface area contributed by atoms with Gasteiger partial charge in [0, 0.05) is 22.3 Å². The summed E-state index contributed by atoms with van der Waals surface area (Å²) >= 11 is 1.55. The highest BCUT2D eigenvalue weighted by Gasteiger charge is 2.08. The number of benzene rings is 1. The smallest absolute Gasteiger partial charge is 0.255 e. The summed E-state index contributed by atoms with van der Waals surface area (Å²) in [5.41, 5.74) is 1.81. The number of carbonyl (C=O) groups excluding carboxylic acids is 2. The van der Waals surface area contributed by atoms with Crippen molar-refractivity contribution in [3.8, 4) is 0 Å². The monoisotopic (exact) mass is 337 g/mol. The molecule has 2 heterocycles. The summed E-state index contributed by atoms with van der Waals surface area (Å²) in [6.07, 6.45) is 3.57. The van der Waals surface area contributed by atoms with E-state index in [9.17, 15) is 9.59 Å². The second kappa shape index (κ2) is 7.52. The lowest BCUT2D eigenvalue weighted by atomic mass is 10.2. The Kier molecular flexibility index (Phi) is 4.98. The molecule has 0 saturated carbocycles. The van der Waals surface area contributed by atoms with Crippen molar-refractivity contribution in [3.05, 3.63) is 76.7 Å². The van der Waals surface area contributed by atoms with Crippen LogP contribution >= 0.6 is 11.3 Å². The summed E-state index contributed by atoms with van der Waals surface area (Å²) in [5.74, 6) is -0.301. The molecule has 5 nitrogen and oxygen atoms in total. The molecule has 24 heavy (non-hydrogen) atoms. The van der Waals surface area contributed by atoms with E-state index in [2.05, 4.69) is 15.6 Å². The standard InChI is InChI=1S/C18H15N3O2S/c22-17(11-16-4-2-10-24-16)20-14-7-5-13(6-8-14)18(23)21-15-3-1-9-19-12-15/h1-10,12H,11H2,(H,20,22)(H,21,23). The van der Waals surface area contributed by atoms with E-state index < -0.39 is 0 Å². The fourth-order valence-corrected chi connectivity index (χ4v) is 2.82. The predicted molar refractivity (Wildman–Crippen MR) is 95.3 cm³/mol. The minimum absolute atomic E-state index is 0.0787. The van der Waals surface area contributed by atoms with E-state index in [0.29, 0.717) is 23.4 Å². The molecule has 3 rings (SSSR count). The number of amides is 2. The molecule has 0 aliphatic carbocycles. The molecule has 0 aliphatic rings. The first kappa shape index (κ1) is 15.9. The van der Waals surface area contributed by atoms with Crippen molar-refractivity contribution in [1.82, 2.24) is 4.98 Å². The lowest BCUT2D eigenvalue weighted by molar-refractivity contribution is -0.115. The number of aromatic nitrogens is 1. The molecule has 1 aromatic carbocycles. The molecule has 120 valence electrons. The molecule has 0 saturated heterocycles. The van der Waals surface area contributed by atoms with Crippen LogP contribution in [-0.4, -0.2) is 16.8 Å².